The molecule has 0 aromatic heterocycles. The molecule has 0 spiro atoms. The van der Waals surface area contributed by atoms with E-state index in [1.807, 2.05) is 132 Å². The van der Waals surface area contributed by atoms with Gasteiger partial charge in [0, 0.05) is 0 Å². The van der Waals surface area contributed by atoms with E-state index in [1.54, 1.807) is 0 Å². The number of carbonyl (C=O) groups excluding carboxylic acids is 1. The van der Waals surface area contributed by atoms with Crippen molar-refractivity contribution in [2.24, 2.45) is 0 Å². The van der Waals surface area contributed by atoms with E-state index in [0.717, 1.165) is 25.1 Å². The van der Waals surface area contributed by atoms with Crippen LogP contribution in [0.4, 0.5) is 4.79 Å². The molecule has 0 radical (unpaired) electrons. The van der Waals surface area contributed by atoms with Gasteiger partial charge in [-0.25, -0.2) is 4.79 Å². The molecule has 0 aliphatic heterocycles. The second kappa shape index (κ2) is 49.3. The van der Waals surface area contributed by atoms with Crippen LogP contribution in [0.5, 0.6) is 0 Å². The highest BCUT2D eigenvalue weighted by molar-refractivity contribution is 6.98. The van der Waals surface area contributed by atoms with Crippen molar-refractivity contribution in [3.8, 4) is 0 Å². The molecule has 0 bridgehead atoms. The number of unbranched alkanes of at least 4 members (excludes halogenated alkanes) is 1. The SMILES string of the molecule is C=C=C(OO)OCCCC[Si](C)(C)O[Si](C)(C)O[Si](C)(C)O[Si](C)(C)O[Si](C)(C)O[Si](C)(C)O[Si](C)(C)O[Si](C)(C)O[Si](C)(C)O[Si](C)(C)O[Si](C)(C)O[Si](C)(C)O[Si](C)(C)O[Si](C)(C)O[Si](C)(C)O[Si](C)(C)O[Si](C)(C)O[Si](C)(C)O[Si](C)(C)O[Si](C)(C)O[Si](C)(C)O[Si](C)(C)O[Si](C)(C)O[Si](C)(C)O[Si](C)(C)O[Si](C)(C)O[Si](C)(C)C.C=COC(=O)OC.CC. The van der Waals surface area contributed by atoms with Gasteiger partial charge in [0.05, 0.1) is 20.0 Å². The van der Waals surface area contributed by atoms with Gasteiger partial charge in [0.15, 0.2) is 16.6 Å². The lowest BCUT2D eigenvalue weighted by Crippen LogP contribution is -2.63. The van der Waals surface area contributed by atoms with Crippen LogP contribution in [0, 0.1) is 0 Å². The maximum absolute atomic E-state index is 9.90. The molecule has 59 heteroatoms. The van der Waals surface area contributed by atoms with Gasteiger partial charge in [0.2, 0.25) is 0 Å². The molecular weight excluding hydrogens is 2090 g/mol. The van der Waals surface area contributed by atoms with Crippen LogP contribution in [0.2, 0.25) is 366 Å². The normalized spacial score (nSPS) is 15.1. The first-order valence-corrected chi connectivity index (χ1v) is 121. The number of hydrogen-bond donors (Lipinski definition) is 1. The first kappa shape index (κ1) is 134. The average molecular weight is 2280 g/mol. The van der Waals surface area contributed by atoms with Gasteiger partial charge in [0.1, 0.15) is 0 Å². The molecule has 0 heterocycles. The molecule has 32 nitrogen and oxygen atoms in total. The molecule has 0 amide bonds. The van der Waals surface area contributed by atoms with Gasteiger partial charge in [-0.05, 0) is 385 Å². The first-order chi connectivity index (χ1) is 55.2. The fourth-order valence-electron chi connectivity index (χ4n) is 17.2. The summed E-state index contributed by atoms with van der Waals surface area (Å²) in [5.74, 6) is -0.132. The number of carbonyl (C=O) groups is 1. The maximum Gasteiger partial charge on any atom is 0.512 e. The second-order valence-electron chi connectivity index (χ2n) is 44.1. The fourth-order valence-corrected chi connectivity index (χ4v) is 157. The van der Waals surface area contributed by atoms with E-state index in [-0.39, 0.29) is 5.95 Å². The minimum atomic E-state index is -2.93. The van der Waals surface area contributed by atoms with E-state index < -0.39 is 237 Å². The summed E-state index contributed by atoms with van der Waals surface area (Å²) < 4.78 is 194. The summed E-state index contributed by atoms with van der Waals surface area (Å²) in [6, 6.07) is 0.911. The molecule has 0 saturated heterocycles. The van der Waals surface area contributed by atoms with Gasteiger partial charge in [0.25, 0.3) is 0 Å². The van der Waals surface area contributed by atoms with Gasteiger partial charge in [-0.2, -0.15) is 5.26 Å². The van der Waals surface area contributed by atoms with Crippen LogP contribution in [-0.4, -0.2) is 256 Å². The Morgan fingerprint density at radius 1 is 0.252 bits per heavy atom. The Balaban J connectivity index is -0.0000162. The Morgan fingerprint density at radius 3 is 0.504 bits per heavy atom. The highest BCUT2D eigenvalue weighted by Crippen LogP contribution is 2.38. The van der Waals surface area contributed by atoms with E-state index in [4.69, 9.17) is 117 Å². The molecule has 760 valence electrons. The highest BCUT2D eigenvalue weighted by atomic mass is 28.6. The van der Waals surface area contributed by atoms with Gasteiger partial charge in [-0.1, -0.05) is 26.8 Å². The zero-order chi connectivity index (χ0) is 102. The summed E-state index contributed by atoms with van der Waals surface area (Å²) in [5, 5.41) is 8.85. The summed E-state index contributed by atoms with van der Waals surface area (Å²) in [6.07, 6.45) is 1.91. The number of methoxy groups -OCH3 is 1. The molecule has 0 unspecified atom stereocenters. The molecule has 0 aliphatic rings. The van der Waals surface area contributed by atoms with Crippen LogP contribution in [0.3, 0.4) is 0 Å². The molecule has 0 aromatic carbocycles. The lowest BCUT2D eigenvalue weighted by atomic mass is 10.4. The fraction of sp³-hybridized carbons (Fsp3) is 0.912. The second-order valence-corrected chi connectivity index (χ2v) is 144. The summed E-state index contributed by atoms with van der Waals surface area (Å²) >= 11 is 0. The summed E-state index contributed by atoms with van der Waals surface area (Å²) in [5.41, 5.74) is 2.41. The molecule has 0 saturated carbocycles. The molecule has 0 aromatic rings. The maximum atomic E-state index is 9.90. The molecule has 0 atom stereocenters. The Bertz CT molecular complexity index is 3370. The summed E-state index contributed by atoms with van der Waals surface area (Å²) in [6.45, 7) is 125. The van der Waals surface area contributed by atoms with E-state index in [1.165, 1.54) is 7.11 Å². The monoisotopic (exact) mass is 2270 g/mol. The zero-order valence-electron chi connectivity index (χ0n) is 90.9. The lowest BCUT2D eigenvalue weighted by molar-refractivity contribution is -0.243. The minimum absolute atomic E-state index is 0.132. The molecule has 127 heavy (non-hydrogen) atoms. The van der Waals surface area contributed by atoms with Crippen LogP contribution >= 0.6 is 0 Å². The van der Waals surface area contributed by atoms with Crippen molar-refractivity contribution in [2.45, 2.75) is 393 Å². The minimum Gasteiger partial charge on any atom is -0.457 e. The van der Waals surface area contributed by atoms with Gasteiger partial charge in [-0.15, -0.1) is 0 Å². The molecule has 1 N–H and O–H groups in total. The topological polar surface area (TPSA) is 314 Å². The lowest BCUT2D eigenvalue weighted by Gasteiger charge is -2.45. The average Bonchev–Trinajstić information content (AvgIpc) is 0.798. The Morgan fingerprint density at radius 2 is 0.394 bits per heavy atom. The van der Waals surface area contributed by atoms with Crippen molar-refractivity contribution in [1.29, 1.82) is 0 Å². The number of rotatable bonds is 60. The largest absolute Gasteiger partial charge is 0.512 e. The quantitative estimate of drug-likeness (QED) is 0.0112. The van der Waals surface area contributed by atoms with E-state index in [9.17, 15) is 4.79 Å². The van der Waals surface area contributed by atoms with Crippen LogP contribution in [0.1, 0.15) is 26.7 Å². The van der Waals surface area contributed by atoms with Crippen LogP contribution in [0.15, 0.2) is 31.1 Å². The first-order valence-electron chi connectivity index (χ1n) is 44.1. The van der Waals surface area contributed by atoms with E-state index in [2.05, 4.69) is 275 Å². The van der Waals surface area contributed by atoms with Gasteiger partial charge >= 0.3 is 226 Å². The highest BCUT2D eigenvalue weighted by Gasteiger charge is 2.57. The number of ether oxygens (including phenoxy) is 3. The third kappa shape index (κ3) is 66.3. The van der Waals surface area contributed by atoms with E-state index in [0.29, 0.717) is 6.61 Å². The van der Waals surface area contributed by atoms with Gasteiger partial charge < -0.3 is 121 Å². The van der Waals surface area contributed by atoms with Crippen LogP contribution < -0.4 is 0 Å². The van der Waals surface area contributed by atoms with Gasteiger partial charge in [-0.3, -0.25) is 4.89 Å². The van der Waals surface area contributed by atoms with Crippen molar-refractivity contribution in [1.82, 2.24) is 0 Å². The third-order valence-electron chi connectivity index (χ3n) is 14.9. The molecule has 0 fully saturated rings. The van der Waals surface area contributed by atoms with Crippen molar-refractivity contribution in [3.63, 3.8) is 0 Å². The Labute approximate surface area is 803 Å². The summed E-state index contributed by atoms with van der Waals surface area (Å²) in [4.78, 5) is 14.0. The van der Waals surface area contributed by atoms with E-state index >= 15 is 0 Å². The predicted octanol–water partition coefficient (Wildman–Crippen LogP) is 23.9. The molecule has 0 rings (SSSR count). The van der Waals surface area contributed by atoms with Crippen molar-refractivity contribution >= 4 is 237 Å². The molecular formula is C68H188O32Si27. The predicted molar refractivity (Wildman–Crippen MR) is 577 cm³/mol. The standard InChI is InChI=1S/C62H176O29Si27.C4H6O3.C2H6/c1-57-62(65-63)64-60-58-59-61-93(5,6)67-95(9,10)69-97(13,14)71-99(17,18)73-101(21,22)75-103(25,26)77-105(29,30)79-107(33,34)81-109(37,38)83-111(41,42)85-113(45,46)87-115(49,50)89-117(53,54)91-118(55,56)90-116(51,52)88-114(47,48)86-112(43,44)84-110(39,40)82-108(35,36)80-106(31,32)78-104(27,28)76-102(23,24)74-100(19,20)72-98(15,16)70-96(11,12)68-94(7,8)66-92(2,3)4;1-3-7-4(5)6-2;1-2/h63H,1,58-61H2,2-56H3;3H,1H2,2H3;1-2H3. The molecule has 0 aliphatic carbocycles. The van der Waals surface area contributed by atoms with Crippen molar-refractivity contribution in [3.05, 3.63) is 31.1 Å². The summed E-state index contributed by atoms with van der Waals surface area (Å²) in [7, 11) is -73.9. The third-order valence-corrected chi connectivity index (χ3v) is 119. The Hall–Kier alpha value is 2.91. The smallest absolute Gasteiger partial charge is 0.457 e. The zero-order valence-corrected chi connectivity index (χ0v) is 118. The number of hydrogen-bond acceptors (Lipinski definition) is 32. The Kier molecular flexibility index (Phi) is 52.0. The van der Waals surface area contributed by atoms with Crippen molar-refractivity contribution in [2.75, 3.05) is 13.7 Å². The van der Waals surface area contributed by atoms with Crippen molar-refractivity contribution < 1.29 is 136 Å². The van der Waals surface area contributed by atoms with Crippen LogP contribution in [0.25, 0.3) is 0 Å². The van der Waals surface area contributed by atoms with Crippen LogP contribution in [-0.2, 0) is 126 Å².